The average Bonchev–Trinajstić information content (AvgIpc) is 2.70. The van der Waals surface area contributed by atoms with Crippen molar-refractivity contribution in [1.82, 2.24) is 5.43 Å². The normalized spacial score (nSPS) is 10.6. The molecule has 0 unspecified atom stereocenters. The fraction of sp³-hybridized carbons (Fsp3) is 0.263. The summed E-state index contributed by atoms with van der Waals surface area (Å²) in [6.07, 6.45) is 1.42. The second-order valence-corrected chi connectivity index (χ2v) is 6.39. The van der Waals surface area contributed by atoms with E-state index in [1.165, 1.54) is 25.5 Å². The molecule has 0 aromatic heterocycles. The molecule has 0 fully saturated rings. The molecule has 0 saturated heterocycles. The van der Waals surface area contributed by atoms with Crippen molar-refractivity contribution in [2.24, 2.45) is 5.10 Å². The van der Waals surface area contributed by atoms with Gasteiger partial charge in [0.1, 0.15) is 5.75 Å². The first-order valence-electron chi connectivity index (χ1n) is 8.66. The number of ether oxygens (including phenoxy) is 3. The topological polar surface area (TPSA) is 112 Å². The Morgan fingerprint density at radius 1 is 1.21 bits per heavy atom. The molecule has 0 heterocycles. The van der Waals surface area contributed by atoms with Crippen LogP contribution >= 0.6 is 15.9 Å². The van der Waals surface area contributed by atoms with Crippen LogP contribution in [0.5, 0.6) is 17.2 Å². The third kappa shape index (κ3) is 5.67. The predicted octanol–water partition coefficient (Wildman–Crippen LogP) is 3.93. The van der Waals surface area contributed by atoms with Gasteiger partial charge in [0.15, 0.2) is 11.5 Å². The minimum Gasteiger partial charge on any atom is -0.496 e. The summed E-state index contributed by atoms with van der Waals surface area (Å²) < 4.78 is 16.9. The molecule has 1 N–H and O–H groups in total. The minimum atomic E-state index is -0.642. The fourth-order valence-electron chi connectivity index (χ4n) is 2.42. The van der Waals surface area contributed by atoms with Crippen LogP contribution in [0.2, 0.25) is 0 Å². The number of hydrogen-bond acceptors (Lipinski definition) is 7. The molecular weight excluding hydrogens is 446 g/mol. The Kier molecular flexibility index (Phi) is 7.96. The van der Waals surface area contributed by atoms with E-state index in [1.807, 2.05) is 13.8 Å². The molecule has 0 saturated carbocycles. The van der Waals surface area contributed by atoms with E-state index in [-0.39, 0.29) is 17.0 Å². The molecule has 0 aliphatic rings. The molecule has 2 aromatic carbocycles. The molecule has 9 nitrogen and oxygen atoms in total. The maximum Gasteiger partial charge on any atom is 0.275 e. The largest absolute Gasteiger partial charge is 0.496 e. The number of non-ortho nitro benzene ring substituents is 1. The fourth-order valence-corrected chi connectivity index (χ4v) is 3.00. The number of nitro benzene ring substituents is 1. The van der Waals surface area contributed by atoms with E-state index < -0.39 is 10.8 Å². The number of hydrazone groups is 1. The lowest BCUT2D eigenvalue weighted by atomic mass is 10.1. The Morgan fingerprint density at radius 2 is 1.93 bits per heavy atom. The minimum absolute atomic E-state index is 0.00160. The quantitative estimate of drug-likeness (QED) is 0.341. The van der Waals surface area contributed by atoms with Gasteiger partial charge in [0.2, 0.25) is 0 Å². The lowest BCUT2D eigenvalue weighted by molar-refractivity contribution is -0.384. The summed E-state index contributed by atoms with van der Waals surface area (Å²) >= 11 is 3.43. The van der Waals surface area contributed by atoms with Gasteiger partial charge in [-0.2, -0.15) is 5.10 Å². The number of nitrogens with zero attached hydrogens (tertiary/aromatic N) is 2. The zero-order valence-corrected chi connectivity index (χ0v) is 17.7. The highest BCUT2D eigenvalue weighted by atomic mass is 79.9. The Labute approximate surface area is 175 Å². The van der Waals surface area contributed by atoms with Crippen molar-refractivity contribution in [2.45, 2.75) is 13.8 Å². The van der Waals surface area contributed by atoms with E-state index in [2.05, 4.69) is 26.5 Å². The van der Waals surface area contributed by atoms with Crippen LogP contribution in [0, 0.1) is 10.1 Å². The summed E-state index contributed by atoms with van der Waals surface area (Å²) in [5.74, 6) is 0.677. The summed E-state index contributed by atoms with van der Waals surface area (Å²) in [5, 5.41) is 14.9. The lowest BCUT2D eigenvalue weighted by Crippen LogP contribution is -2.18. The van der Waals surface area contributed by atoms with Crippen molar-refractivity contribution in [3.63, 3.8) is 0 Å². The monoisotopic (exact) mass is 465 g/mol. The third-order valence-electron chi connectivity index (χ3n) is 3.64. The zero-order chi connectivity index (χ0) is 21.4. The highest BCUT2D eigenvalue weighted by Gasteiger charge is 2.17. The zero-order valence-electron chi connectivity index (χ0n) is 16.1. The van der Waals surface area contributed by atoms with Gasteiger partial charge in [-0.3, -0.25) is 14.9 Å². The number of nitrogens with one attached hydrogen (secondary N) is 1. The van der Waals surface area contributed by atoms with Gasteiger partial charge in [0.25, 0.3) is 11.6 Å². The number of halogens is 1. The van der Waals surface area contributed by atoms with Gasteiger partial charge in [0.05, 0.1) is 41.5 Å². The summed E-state index contributed by atoms with van der Waals surface area (Å²) in [6.45, 7) is 4.66. The SMILES string of the molecule is CCOc1cc(C=NNC(=O)c2cc([N+](=O)[O-])ccc2OC)cc(Br)c1OCC. The standard InChI is InChI=1S/C19H20BrN3O6/c1-4-28-17-9-12(8-15(20)18(17)29-5-2)11-21-22-19(24)14-10-13(23(25)26)6-7-16(14)27-3/h6-11H,4-5H2,1-3H3,(H,22,24). The molecule has 2 aromatic rings. The molecule has 1 amide bonds. The molecule has 0 atom stereocenters. The van der Waals surface area contributed by atoms with E-state index in [1.54, 1.807) is 12.1 Å². The second kappa shape index (κ2) is 10.4. The summed E-state index contributed by atoms with van der Waals surface area (Å²) in [6, 6.07) is 7.23. The molecule has 0 bridgehead atoms. The number of nitro groups is 1. The number of carbonyl (C=O) groups is 1. The van der Waals surface area contributed by atoms with E-state index >= 15 is 0 Å². The van der Waals surface area contributed by atoms with Crippen LogP contribution in [0.1, 0.15) is 29.8 Å². The van der Waals surface area contributed by atoms with Gasteiger partial charge in [0, 0.05) is 12.1 Å². The first-order chi connectivity index (χ1) is 13.9. The van der Waals surface area contributed by atoms with Crippen LogP contribution in [0.3, 0.4) is 0 Å². The van der Waals surface area contributed by atoms with E-state index in [4.69, 9.17) is 14.2 Å². The second-order valence-electron chi connectivity index (χ2n) is 5.54. The summed E-state index contributed by atoms with van der Waals surface area (Å²) in [7, 11) is 1.37. The van der Waals surface area contributed by atoms with Gasteiger partial charge in [-0.05, 0) is 53.5 Å². The summed E-state index contributed by atoms with van der Waals surface area (Å²) in [5.41, 5.74) is 2.76. The maximum absolute atomic E-state index is 12.4. The van der Waals surface area contributed by atoms with Crippen LogP contribution in [0.25, 0.3) is 0 Å². The number of rotatable bonds is 9. The molecule has 29 heavy (non-hydrogen) atoms. The first-order valence-corrected chi connectivity index (χ1v) is 9.45. The molecule has 0 radical (unpaired) electrons. The number of methoxy groups -OCH3 is 1. The van der Waals surface area contributed by atoms with Crippen LogP contribution in [-0.4, -0.2) is 37.4 Å². The van der Waals surface area contributed by atoms with Crippen molar-refractivity contribution >= 4 is 33.7 Å². The van der Waals surface area contributed by atoms with Crippen LogP contribution in [0.4, 0.5) is 5.69 Å². The van der Waals surface area contributed by atoms with Gasteiger partial charge in [-0.1, -0.05) is 0 Å². The lowest BCUT2D eigenvalue weighted by Gasteiger charge is -2.13. The van der Waals surface area contributed by atoms with Crippen molar-refractivity contribution < 1.29 is 23.9 Å². The first kappa shape index (κ1) is 22.2. The molecule has 0 spiro atoms. The molecular formula is C19H20BrN3O6. The van der Waals surface area contributed by atoms with Gasteiger partial charge in [-0.25, -0.2) is 5.43 Å². The van der Waals surface area contributed by atoms with Gasteiger partial charge in [-0.15, -0.1) is 0 Å². The van der Waals surface area contributed by atoms with Gasteiger partial charge < -0.3 is 14.2 Å². The van der Waals surface area contributed by atoms with E-state index in [0.29, 0.717) is 34.7 Å². The summed E-state index contributed by atoms with van der Waals surface area (Å²) in [4.78, 5) is 22.7. The van der Waals surface area contributed by atoms with Gasteiger partial charge >= 0.3 is 0 Å². The number of benzene rings is 2. The maximum atomic E-state index is 12.4. The van der Waals surface area contributed by atoms with Crippen LogP contribution < -0.4 is 19.6 Å². The number of hydrogen-bond donors (Lipinski definition) is 1. The van der Waals surface area contributed by atoms with Crippen molar-refractivity contribution in [3.8, 4) is 17.2 Å². The molecule has 10 heteroatoms. The van der Waals surface area contributed by atoms with Crippen LogP contribution in [0.15, 0.2) is 39.9 Å². The Hall–Kier alpha value is -3.14. The Bertz CT molecular complexity index is 932. The highest BCUT2D eigenvalue weighted by molar-refractivity contribution is 9.10. The molecule has 154 valence electrons. The molecule has 2 rings (SSSR count). The van der Waals surface area contributed by atoms with Crippen molar-refractivity contribution in [1.29, 1.82) is 0 Å². The van der Waals surface area contributed by atoms with Crippen molar-refractivity contribution in [2.75, 3.05) is 20.3 Å². The third-order valence-corrected chi connectivity index (χ3v) is 4.23. The molecule has 0 aliphatic carbocycles. The average molecular weight is 466 g/mol. The van der Waals surface area contributed by atoms with E-state index in [9.17, 15) is 14.9 Å². The Morgan fingerprint density at radius 3 is 2.55 bits per heavy atom. The highest BCUT2D eigenvalue weighted by Crippen LogP contribution is 2.36. The molecule has 0 aliphatic heterocycles. The van der Waals surface area contributed by atoms with Crippen molar-refractivity contribution in [3.05, 3.63) is 56.0 Å². The Balaban J connectivity index is 2.22. The predicted molar refractivity (Wildman–Crippen MR) is 111 cm³/mol. The number of carbonyl (C=O) groups excluding carboxylic acids is 1. The van der Waals surface area contributed by atoms with E-state index in [0.717, 1.165) is 6.07 Å². The smallest absolute Gasteiger partial charge is 0.275 e. The van der Waals surface area contributed by atoms with Crippen LogP contribution in [-0.2, 0) is 0 Å². The number of amides is 1.